The molecule has 3 rings (SSSR count). The summed E-state index contributed by atoms with van der Waals surface area (Å²) < 4.78 is 47.3. The van der Waals surface area contributed by atoms with Gasteiger partial charge in [-0.3, -0.25) is 0 Å². The summed E-state index contributed by atoms with van der Waals surface area (Å²) in [5.41, 5.74) is 0.830. The van der Waals surface area contributed by atoms with Crippen molar-refractivity contribution in [1.29, 1.82) is 0 Å². The van der Waals surface area contributed by atoms with Crippen LogP contribution in [0.4, 0.5) is 13.2 Å². The molecule has 0 radical (unpaired) electrons. The van der Waals surface area contributed by atoms with Crippen molar-refractivity contribution in [3.05, 3.63) is 54.6 Å². The zero-order chi connectivity index (χ0) is 17.0. The SMILES string of the molecule is FC(F)(F)Oc1cccc(-n2cc(COc3ncccn3)nn2)c1. The third-order valence-electron chi connectivity index (χ3n) is 2.75. The van der Waals surface area contributed by atoms with Gasteiger partial charge in [-0.2, -0.15) is 0 Å². The van der Waals surface area contributed by atoms with E-state index in [0.717, 1.165) is 0 Å². The van der Waals surface area contributed by atoms with Crippen LogP contribution in [0.1, 0.15) is 5.69 Å². The summed E-state index contributed by atoms with van der Waals surface area (Å²) in [6, 6.07) is 7.24. The Hall–Kier alpha value is -3.17. The lowest BCUT2D eigenvalue weighted by Gasteiger charge is -2.09. The van der Waals surface area contributed by atoms with E-state index in [1.54, 1.807) is 12.1 Å². The minimum absolute atomic E-state index is 0.0722. The van der Waals surface area contributed by atoms with E-state index in [1.165, 1.54) is 41.5 Å². The molecule has 0 unspecified atom stereocenters. The van der Waals surface area contributed by atoms with E-state index in [9.17, 15) is 13.2 Å². The smallest absolute Gasteiger partial charge is 0.457 e. The number of halogens is 3. The molecule has 0 aliphatic heterocycles. The number of hydrogen-bond acceptors (Lipinski definition) is 6. The molecule has 124 valence electrons. The third-order valence-corrected chi connectivity index (χ3v) is 2.75. The number of alkyl halides is 3. The number of ether oxygens (including phenoxy) is 2. The zero-order valence-electron chi connectivity index (χ0n) is 12.0. The van der Waals surface area contributed by atoms with Crippen LogP contribution in [0.3, 0.4) is 0 Å². The van der Waals surface area contributed by atoms with Crippen LogP contribution in [-0.4, -0.2) is 31.3 Å². The topological polar surface area (TPSA) is 75.0 Å². The van der Waals surface area contributed by atoms with Crippen LogP contribution in [0.5, 0.6) is 11.8 Å². The number of aromatic nitrogens is 5. The van der Waals surface area contributed by atoms with E-state index >= 15 is 0 Å². The standard InChI is InChI=1S/C14H10F3N5O2/c15-14(16,17)24-12-4-1-3-11(7-12)22-8-10(20-21-22)9-23-13-18-5-2-6-19-13/h1-8H,9H2. The molecule has 3 aromatic rings. The fraction of sp³-hybridized carbons (Fsp3) is 0.143. The molecule has 1 aromatic carbocycles. The van der Waals surface area contributed by atoms with Crippen molar-refractivity contribution in [3.8, 4) is 17.4 Å². The lowest BCUT2D eigenvalue weighted by Crippen LogP contribution is -2.17. The van der Waals surface area contributed by atoms with Crippen LogP contribution in [-0.2, 0) is 6.61 Å². The van der Waals surface area contributed by atoms with Crippen molar-refractivity contribution < 1.29 is 22.6 Å². The molecule has 10 heteroatoms. The zero-order valence-corrected chi connectivity index (χ0v) is 12.0. The minimum Gasteiger partial charge on any atom is -0.457 e. The highest BCUT2D eigenvalue weighted by Gasteiger charge is 2.31. The van der Waals surface area contributed by atoms with Gasteiger partial charge in [0.1, 0.15) is 18.1 Å². The van der Waals surface area contributed by atoms with Crippen LogP contribution >= 0.6 is 0 Å². The average molecular weight is 337 g/mol. The summed E-state index contributed by atoms with van der Waals surface area (Å²) >= 11 is 0. The van der Waals surface area contributed by atoms with Gasteiger partial charge in [0.05, 0.1) is 11.9 Å². The maximum absolute atomic E-state index is 12.3. The van der Waals surface area contributed by atoms with Gasteiger partial charge in [-0.1, -0.05) is 11.3 Å². The minimum atomic E-state index is -4.75. The fourth-order valence-electron chi connectivity index (χ4n) is 1.81. The Kier molecular flexibility index (Phi) is 4.27. The van der Waals surface area contributed by atoms with Crippen molar-refractivity contribution in [2.45, 2.75) is 13.0 Å². The van der Waals surface area contributed by atoms with E-state index in [0.29, 0.717) is 11.4 Å². The number of benzene rings is 1. The molecule has 0 saturated heterocycles. The molecule has 0 aliphatic carbocycles. The van der Waals surface area contributed by atoms with Crippen LogP contribution in [0.25, 0.3) is 5.69 Å². The normalized spacial score (nSPS) is 11.3. The Bertz CT molecular complexity index is 807. The first-order valence-electron chi connectivity index (χ1n) is 6.67. The summed E-state index contributed by atoms with van der Waals surface area (Å²) in [6.07, 6.45) is -0.165. The maximum atomic E-state index is 12.3. The van der Waals surface area contributed by atoms with Crippen molar-refractivity contribution in [2.24, 2.45) is 0 Å². The van der Waals surface area contributed by atoms with Crippen LogP contribution in [0.2, 0.25) is 0 Å². The van der Waals surface area contributed by atoms with E-state index in [-0.39, 0.29) is 18.4 Å². The van der Waals surface area contributed by atoms with Crippen LogP contribution < -0.4 is 9.47 Å². The van der Waals surface area contributed by atoms with Crippen molar-refractivity contribution in [1.82, 2.24) is 25.0 Å². The largest absolute Gasteiger partial charge is 0.573 e. The van der Waals surface area contributed by atoms with E-state index in [4.69, 9.17) is 4.74 Å². The van der Waals surface area contributed by atoms with Gasteiger partial charge in [0.2, 0.25) is 0 Å². The van der Waals surface area contributed by atoms with Crippen LogP contribution in [0.15, 0.2) is 48.9 Å². The average Bonchev–Trinajstić information content (AvgIpc) is 3.02. The molecule has 2 heterocycles. The summed E-state index contributed by atoms with van der Waals surface area (Å²) in [5, 5.41) is 7.73. The second kappa shape index (κ2) is 6.52. The maximum Gasteiger partial charge on any atom is 0.573 e. The summed E-state index contributed by atoms with van der Waals surface area (Å²) in [5.74, 6) is -0.342. The van der Waals surface area contributed by atoms with Crippen molar-refractivity contribution >= 4 is 0 Å². The van der Waals surface area contributed by atoms with Gasteiger partial charge in [0.15, 0.2) is 0 Å². The lowest BCUT2D eigenvalue weighted by molar-refractivity contribution is -0.274. The van der Waals surface area contributed by atoms with Gasteiger partial charge in [-0.05, 0) is 18.2 Å². The summed E-state index contributed by atoms with van der Waals surface area (Å²) in [4.78, 5) is 7.79. The molecule has 0 spiro atoms. The van der Waals surface area contributed by atoms with Gasteiger partial charge >= 0.3 is 12.4 Å². The van der Waals surface area contributed by atoms with E-state index in [2.05, 4.69) is 25.0 Å². The molecule has 0 atom stereocenters. The number of rotatable bonds is 5. The highest BCUT2D eigenvalue weighted by atomic mass is 19.4. The molecular weight excluding hydrogens is 327 g/mol. The molecule has 24 heavy (non-hydrogen) atoms. The first kappa shape index (κ1) is 15.7. The van der Waals surface area contributed by atoms with Gasteiger partial charge in [0.25, 0.3) is 0 Å². The molecule has 0 N–H and O–H groups in total. The Morgan fingerprint density at radius 2 is 1.88 bits per heavy atom. The number of nitrogens with zero attached hydrogens (tertiary/aromatic N) is 5. The quantitative estimate of drug-likeness (QED) is 0.712. The monoisotopic (exact) mass is 337 g/mol. The fourth-order valence-corrected chi connectivity index (χ4v) is 1.81. The Labute approximate surface area is 133 Å². The molecule has 0 saturated carbocycles. The first-order chi connectivity index (χ1) is 11.5. The first-order valence-corrected chi connectivity index (χ1v) is 6.67. The molecule has 0 amide bonds. The lowest BCUT2D eigenvalue weighted by atomic mass is 10.3. The summed E-state index contributed by atoms with van der Waals surface area (Å²) in [6.45, 7) is 0.0722. The second-order valence-electron chi connectivity index (χ2n) is 4.52. The van der Waals surface area contributed by atoms with Gasteiger partial charge in [0, 0.05) is 18.5 Å². The second-order valence-corrected chi connectivity index (χ2v) is 4.52. The highest BCUT2D eigenvalue weighted by molar-refractivity contribution is 5.38. The van der Waals surface area contributed by atoms with E-state index in [1.807, 2.05) is 0 Å². The van der Waals surface area contributed by atoms with Gasteiger partial charge in [-0.15, -0.1) is 18.3 Å². The molecule has 0 aliphatic rings. The van der Waals surface area contributed by atoms with Crippen LogP contribution in [0, 0.1) is 0 Å². The third kappa shape index (κ3) is 4.18. The van der Waals surface area contributed by atoms with Gasteiger partial charge < -0.3 is 9.47 Å². The Morgan fingerprint density at radius 3 is 2.62 bits per heavy atom. The molecule has 2 aromatic heterocycles. The summed E-state index contributed by atoms with van der Waals surface area (Å²) in [7, 11) is 0. The Balaban J connectivity index is 1.70. The predicted octanol–water partition coefficient (Wildman–Crippen LogP) is 2.53. The van der Waals surface area contributed by atoms with Crippen molar-refractivity contribution in [2.75, 3.05) is 0 Å². The number of hydrogen-bond donors (Lipinski definition) is 0. The predicted molar refractivity (Wildman–Crippen MR) is 74.4 cm³/mol. The molecule has 7 nitrogen and oxygen atoms in total. The molecule has 0 bridgehead atoms. The highest BCUT2D eigenvalue weighted by Crippen LogP contribution is 2.24. The van der Waals surface area contributed by atoms with E-state index < -0.39 is 6.36 Å². The molecular formula is C14H10F3N5O2. The molecule has 0 fully saturated rings. The van der Waals surface area contributed by atoms with Crippen molar-refractivity contribution in [3.63, 3.8) is 0 Å². The van der Waals surface area contributed by atoms with Gasteiger partial charge in [-0.25, -0.2) is 14.6 Å². The Morgan fingerprint density at radius 1 is 1.08 bits per heavy atom.